The van der Waals surface area contributed by atoms with Crippen LogP contribution in [0.15, 0.2) is 22.5 Å². The Labute approximate surface area is 138 Å². The first kappa shape index (κ1) is 15.8. The molecule has 0 radical (unpaired) electrons. The van der Waals surface area contributed by atoms with Crippen LogP contribution < -0.4 is 5.73 Å². The fourth-order valence-electron chi connectivity index (χ4n) is 3.51. The summed E-state index contributed by atoms with van der Waals surface area (Å²) in [6.07, 6.45) is 6.43. The predicted octanol–water partition coefficient (Wildman–Crippen LogP) is 2.76. The lowest BCUT2D eigenvalue weighted by atomic mass is 9.98. The first-order chi connectivity index (χ1) is 10.8. The number of hydrogen-bond acceptors (Lipinski definition) is 3. The Bertz CT molecular complexity index is 465. The van der Waals surface area contributed by atoms with E-state index < -0.39 is 0 Å². The number of piperidine rings is 2. The smallest absolute Gasteiger partial charge is 0.191 e. The Hall–Kier alpha value is -1.07. The van der Waals surface area contributed by atoms with E-state index in [1.807, 2.05) is 11.3 Å². The first-order valence-corrected chi connectivity index (χ1v) is 9.49. The normalized spacial score (nSPS) is 24.6. The van der Waals surface area contributed by atoms with Crippen molar-refractivity contribution in [2.45, 2.75) is 38.6 Å². The van der Waals surface area contributed by atoms with Crippen molar-refractivity contribution in [3.8, 4) is 0 Å². The van der Waals surface area contributed by atoms with Gasteiger partial charge in [-0.1, -0.05) is 6.07 Å². The molecule has 2 saturated heterocycles. The van der Waals surface area contributed by atoms with Crippen molar-refractivity contribution >= 4 is 17.3 Å². The first-order valence-electron chi connectivity index (χ1n) is 8.61. The van der Waals surface area contributed by atoms with E-state index in [0.29, 0.717) is 5.92 Å². The summed E-state index contributed by atoms with van der Waals surface area (Å²) in [5.41, 5.74) is 6.17. The zero-order chi connectivity index (χ0) is 15.2. The van der Waals surface area contributed by atoms with Crippen molar-refractivity contribution in [1.82, 2.24) is 9.80 Å². The summed E-state index contributed by atoms with van der Waals surface area (Å²) < 4.78 is 0. The second kappa shape index (κ2) is 7.97. The van der Waals surface area contributed by atoms with Crippen molar-refractivity contribution in [1.29, 1.82) is 0 Å². The van der Waals surface area contributed by atoms with Crippen LogP contribution >= 0.6 is 11.3 Å². The molecule has 1 aromatic rings. The van der Waals surface area contributed by atoms with E-state index >= 15 is 0 Å². The van der Waals surface area contributed by atoms with Crippen LogP contribution in [0.5, 0.6) is 0 Å². The Kier molecular flexibility index (Phi) is 5.73. The van der Waals surface area contributed by atoms with Crippen LogP contribution in [0.25, 0.3) is 0 Å². The summed E-state index contributed by atoms with van der Waals surface area (Å²) in [5, 5.41) is 2.17. The maximum atomic E-state index is 6.17. The van der Waals surface area contributed by atoms with E-state index in [0.717, 1.165) is 38.7 Å². The molecule has 22 heavy (non-hydrogen) atoms. The number of aliphatic imine (C=N–C) groups is 1. The molecule has 5 heteroatoms. The van der Waals surface area contributed by atoms with Gasteiger partial charge in [-0.2, -0.15) is 0 Å². The third-order valence-electron chi connectivity index (χ3n) is 4.75. The number of nitrogens with two attached hydrogens (primary N) is 1. The lowest BCUT2D eigenvalue weighted by molar-refractivity contribution is 0.172. The summed E-state index contributed by atoms with van der Waals surface area (Å²) in [4.78, 5) is 11.0. The second-order valence-electron chi connectivity index (χ2n) is 6.57. The highest BCUT2D eigenvalue weighted by molar-refractivity contribution is 7.09. The van der Waals surface area contributed by atoms with E-state index in [2.05, 4.69) is 27.3 Å². The van der Waals surface area contributed by atoms with Gasteiger partial charge in [-0.05, 0) is 56.0 Å². The number of thiophene rings is 1. The van der Waals surface area contributed by atoms with Crippen molar-refractivity contribution in [3.63, 3.8) is 0 Å². The molecule has 0 unspecified atom stereocenters. The maximum Gasteiger partial charge on any atom is 0.191 e. The highest BCUT2D eigenvalue weighted by atomic mass is 32.1. The summed E-state index contributed by atoms with van der Waals surface area (Å²) in [5.74, 6) is 1.44. The molecule has 0 amide bonds. The molecular formula is C17H28N4S. The van der Waals surface area contributed by atoms with Crippen molar-refractivity contribution < 1.29 is 0 Å². The van der Waals surface area contributed by atoms with Gasteiger partial charge in [0.1, 0.15) is 0 Å². The SMILES string of the molecule is NC(=NC[C@@H]1CCCN(Cc2cccs2)C1)N1CCCCC1. The molecule has 0 bridgehead atoms. The van der Waals surface area contributed by atoms with E-state index in [1.54, 1.807) is 0 Å². The molecule has 1 atom stereocenters. The van der Waals surface area contributed by atoms with Crippen LogP contribution in [-0.2, 0) is 6.54 Å². The minimum absolute atomic E-state index is 0.664. The van der Waals surface area contributed by atoms with Gasteiger partial charge >= 0.3 is 0 Å². The van der Waals surface area contributed by atoms with Crippen LogP contribution in [-0.4, -0.2) is 48.5 Å². The largest absolute Gasteiger partial charge is 0.370 e. The highest BCUT2D eigenvalue weighted by Gasteiger charge is 2.20. The summed E-state index contributed by atoms with van der Waals surface area (Å²) >= 11 is 1.86. The van der Waals surface area contributed by atoms with Crippen LogP contribution in [0, 0.1) is 5.92 Å². The third kappa shape index (κ3) is 4.46. The van der Waals surface area contributed by atoms with Crippen LogP contribution in [0.3, 0.4) is 0 Å². The van der Waals surface area contributed by atoms with Gasteiger partial charge in [-0.15, -0.1) is 11.3 Å². The van der Waals surface area contributed by atoms with Gasteiger partial charge in [-0.25, -0.2) is 0 Å². The average molecular weight is 321 g/mol. The zero-order valence-electron chi connectivity index (χ0n) is 13.4. The molecular weight excluding hydrogens is 292 g/mol. The molecule has 0 aliphatic carbocycles. The molecule has 0 spiro atoms. The molecule has 3 rings (SSSR count). The third-order valence-corrected chi connectivity index (χ3v) is 5.62. The van der Waals surface area contributed by atoms with Crippen molar-refractivity contribution in [2.24, 2.45) is 16.6 Å². The predicted molar refractivity (Wildman–Crippen MR) is 94.2 cm³/mol. The molecule has 2 N–H and O–H groups in total. The van der Waals surface area contributed by atoms with Crippen LogP contribution in [0.1, 0.15) is 37.0 Å². The molecule has 2 aliphatic heterocycles. The van der Waals surface area contributed by atoms with Gasteiger partial charge in [-0.3, -0.25) is 9.89 Å². The van der Waals surface area contributed by atoms with Gasteiger partial charge in [0.25, 0.3) is 0 Å². The van der Waals surface area contributed by atoms with E-state index in [4.69, 9.17) is 10.7 Å². The van der Waals surface area contributed by atoms with E-state index in [9.17, 15) is 0 Å². The maximum absolute atomic E-state index is 6.17. The Morgan fingerprint density at radius 2 is 2.09 bits per heavy atom. The molecule has 2 aliphatic rings. The molecule has 122 valence electrons. The molecule has 0 aromatic carbocycles. The fraction of sp³-hybridized carbons (Fsp3) is 0.706. The van der Waals surface area contributed by atoms with Gasteiger partial charge in [0, 0.05) is 37.6 Å². The summed E-state index contributed by atoms with van der Waals surface area (Å²) in [7, 11) is 0. The minimum atomic E-state index is 0.664. The standard InChI is InChI=1S/C17H28N4S/c18-17(21-9-2-1-3-10-21)19-12-15-6-4-8-20(13-15)14-16-7-5-11-22-16/h5,7,11,15H,1-4,6,8-10,12-14H2,(H2,18,19)/t15-/m0/s1. The van der Waals surface area contributed by atoms with Gasteiger partial charge < -0.3 is 10.6 Å². The Morgan fingerprint density at radius 1 is 1.23 bits per heavy atom. The Morgan fingerprint density at radius 3 is 2.86 bits per heavy atom. The lowest BCUT2D eigenvalue weighted by Crippen LogP contribution is -2.41. The molecule has 1 aromatic heterocycles. The molecule has 2 fully saturated rings. The monoisotopic (exact) mass is 320 g/mol. The van der Waals surface area contributed by atoms with Gasteiger partial charge in [0.2, 0.25) is 0 Å². The van der Waals surface area contributed by atoms with E-state index in [1.165, 1.54) is 43.5 Å². The molecule has 0 saturated carbocycles. The summed E-state index contributed by atoms with van der Waals surface area (Å²) in [6.45, 7) is 6.55. The fourth-order valence-corrected chi connectivity index (χ4v) is 4.26. The number of likely N-dealkylation sites (tertiary alicyclic amines) is 2. The topological polar surface area (TPSA) is 44.9 Å². The van der Waals surface area contributed by atoms with Crippen molar-refractivity contribution in [2.75, 3.05) is 32.7 Å². The molecule has 4 nitrogen and oxygen atoms in total. The van der Waals surface area contributed by atoms with Crippen LogP contribution in [0.4, 0.5) is 0 Å². The molecule has 3 heterocycles. The quantitative estimate of drug-likeness (QED) is 0.685. The van der Waals surface area contributed by atoms with E-state index in [-0.39, 0.29) is 0 Å². The van der Waals surface area contributed by atoms with Gasteiger partial charge in [0.15, 0.2) is 5.96 Å². The van der Waals surface area contributed by atoms with Crippen molar-refractivity contribution in [3.05, 3.63) is 22.4 Å². The number of rotatable bonds is 4. The average Bonchev–Trinajstić information content (AvgIpc) is 3.07. The lowest BCUT2D eigenvalue weighted by Gasteiger charge is -2.32. The second-order valence-corrected chi connectivity index (χ2v) is 7.60. The zero-order valence-corrected chi connectivity index (χ0v) is 14.2. The van der Waals surface area contributed by atoms with Gasteiger partial charge in [0.05, 0.1) is 0 Å². The summed E-state index contributed by atoms with van der Waals surface area (Å²) in [6, 6.07) is 4.38. The number of guanidine groups is 1. The number of hydrogen-bond donors (Lipinski definition) is 1. The van der Waals surface area contributed by atoms with Crippen LogP contribution in [0.2, 0.25) is 0 Å². The minimum Gasteiger partial charge on any atom is -0.370 e. The number of nitrogens with zero attached hydrogens (tertiary/aromatic N) is 3. The highest BCUT2D eigenvalue weighted by Crippen LogP contribution is 2.20. The Balaban J connectivity index is 1.47.